The first-order chi connectivity index (χ1) is 14.3. The Morgan fingerprint density at radius 3 is 2.37 bits per heavy atom. The molecular weight excluding hydrogens is 444 g/mol. The van der Waals surface area contributed by atoms with E-state index in [9.17, 15) is 9.59 Å². The summed E-state index contributed by atoms with van der Waals surface area (Å²) in [5, 5.41) is 2.96. The van der Waals surface area contributed by atoms with E-state index in [1.807, 2.05) is 62.4 Å². The van der Waals surface area contributed by atoms with Crippen LogP contribution in [0.2, 0.25) is 0 Å². The van der Waals surface area contributed by atoms with Crippen molar-refractivity contribution in [2.24, 2.45) is 0 Å². The zero-order chi connectivity index (χ0) is 22.1. The van der Waals surface area contributed by atoms with E-state index < -0.39 is 6.04 Å². The van der Waals surface area contributed by atoms with Gasteiger partial charge in [0, 0.05) is 12.6 Å². The van der Waals surface area contributed by atoms with Gasteiger partial charge in [-0.15, -0.1) is 0 Å². The largest absolute Gasteiger partial charge is 0.483 e. The molecular formula is C24H31BrN2O3. The van der Waals surface area contributed by atoms with E-state index in [-0.39, 0.29) is 24.5 Å². The molecule has 6 heteroatoms. The van der Waals surface area contributed by atoms with Gasteiger partial charge in [-0.05, 0) is 65.9 Å². The number of halogens is 1. The monoisotopic (exact) mass is 474 g/mol. The van der Waals surface area contributed by atoms with Crippen molar-refractivity contribution >= 4 is 27.7 Å². The first-order valence-electron chi connectivity index (χ1n) is 10.4. The van der Waals surface area contributed by atoms with Crippen molar-refractivity contribution in [3.05, 3.63) is 64.1 Å². The first kappa shape index (κ1) is 23.9. The van der Waals surface area contributed by atoms with E-state index in [1.54, 1.807) is 11.8 Å². The second kappa shape index (κ2) is 11.7. The summed E-state index contributed by atoms with van der Waals surface area (Å²) in [4.78, 5) is 27.3. The third-order valence-electron chi connectivity index (χ3n) is 5.12. The van der Waals surface area contributed by atoms with Crippen molar-refractivity contribution in [3.8, 4) is 5.75 Å². The Morgan fingerprint density at radius 2 is 1.77 bits per heavy atom. The molecule has 2 atom stereocenters. The Bertz CT molecular complexity index is 842. The Morgan fingerprint density at radius 1 is 1.07 bits per heavy atom. The lowest BCUT2D eigenvalue weighted by atomic mass is 10.1. The minimum Gasteiger partial charge on any atom is -0.483 e. The van der Waals surface area contributed by atoms with Crippen LogP contribution in [0.5, 0.6) is 5.75 Å². The van der Waals surface area contributed by atoms with Crippen LogP contribution in [0, 0.1) is 0 Å². The number of carbonyl (C=O) groups is 2. The molecule has 0 saturated carbocycles. The second-order valence-electron chi connectivity index (χ2n) is 7.41. The van der Waals surface area contributed by atoms with Crippen LogP contribution >= 0.6 is 15.9 Å². The molecule has 162 valence electrons. The summed E-state index contributed by atoms with van der Waals surface area (Å²) >= 11 is 3.50. The van der Waals surface area contributed by atoms with Gasteiger partial charge in [0.05, 0.1) is 4.47 Å². The molecule has 5 nitrogen and oxygen atoms in total. The molecule has 0 saturated heterocycles. The number of rotatable bonds is 10. The zero-order valence-electron chi connectivity index (χ0n) is 18.2. The van der Waals surface area contributed by atoms with Crippen LogP contribution in [0.15, 0.2) is 53.0 Å². The van der Waals surface area contributed by atoms with Crippen molar-refractivity contribution in [1.82, 2.24) is 10.2 Å². The van der Waals surface area contributed by atoms with Gasteiger partial charge in [-0.25, -0.2) is 0 Å². The summed E-state index contributed by atoms with van der Waals surface area (Å²) in [6.45, 7) is 8.00. The van der Waals surface area contributed by atoms with Gasteiger partial charge < -0.3 is 15.0 Å². The second-order valence-corrected chi connectivity index (χ2v) is 8.26. The van der Waals surface area contributed by atoms with E-state index in [2.05, 4.69) is 28.2 Å². The van der Waals surface area contributed by atoms with Crippen molar-refractivity contribution < 1.29 is 14.3 Å². The molecule has 30 heavy (non-hydrogen) atoms. The lowest BCUT2D eigenvalue weighted by molar-refractivity contribution is -0.142. The van der Waals surface area contributed by atoms with Crippen LogP contribution < -0.4 is 10.1 Å². The predicted octanol–water partition coefficient (Wildman–Crippen LogP) is 4.72. The van der Waals surface area contributed by atoms with Gasteiger partial charge in [0.25, 0.3) is 5.91 Å². The summed E-state index contributed by atoms with van der Waals surface area (Å²) in [6.07, 6.45) is 1.75. The summed E-state index contributed by atoms with van der Waals surface area (Å²) in [6, 6.07) is 14.9. The SMILES string of the molecule is CCc1ccc(OCC(=O)N(Cc2ccccc2)[C@@H](C)C(=O)N[C@H](C)CC)c(Br)c1. The number of hydrogen-bond acceptors (Lipinski definition) is 3. The minimum absolute atomic E-state index is 0.0536. The molecule has 2 aromatic carbocycles. The summed E-state index contributed by atoms with van der Waals surface area (Å²) in [7, 11) is 0. The molecule has 0 heterocycles. The van der Waals surface area contributed by atoms with Crippen molar-refractivity contribution in [3.63, 3.8) is 0 Å². The Balaban J connectivity index is 2.14. The molecule has 0 aromatic heterocycles. The van der Waals surface area contributed by atoms with Gasteiger partial charge in [-0.2, -0.15) is 0 Å². The van der Waals surface area contributed by atoms with Gasteiger partial charge in [-0.1, -0.05) is 50.2 Å². The molecule has 2 rings (SSSR count). The number of benzene rings is 2. The highest BCUT2D eigenvalue weighted by atomic mass is 79.9. The van der Waals surface area contributed by atoms with Crippen LogP contribution in [0.3, 0.4) is 0 Å². The van der Waals surface area contributed by atoms with E-state index in [0.29, 0.717) is 12.3 Å². The fraction of sp³-hybridized carbons (Fsp3) is 0.417. The fourth-order valence-corrected chi connectivity index (χ4v) is 3.47. The normalized spacial score (nSPS) is 12.7. The number of hydrogen-bond donors (Lipinski definition) is 1. The van der Waals surface area contributed by atoms with E-state index in [0.717, 1.165) is 22.9 Å². The number of nitrogens with one attached hydrogen (secondary N) is 1. The van der Waals surface area contributed by atoms with Crippen LogP contribution in [0.25, 0.3) is 0 Å². The van der Waals surface area contributed by atoms with Gasteiger partial charge in [0.1, 0.15) is 11.8 Å². The number of nitrogens with zero attached hydrogens (tertiary/aromatic N) is 1. The first-order valence-corrected chi connectivity index (χ1v) is 11.2. The van der Waals surface area contributed by atoms with Crippen LogP contribution in [0.1, 0.15) is 45.2 Å². The molecule has 2 aromatic rings. The smallest absolute Gasteiger partial charge is 0.261 e. The maximum atomic E-state index is 13.1. The molecule has 0 fully saturated rings. The predicted molar refractivity (Wildman–Crippen MR) is 123 cm³/mol. The van der Waals surface area contributed by atoms with Gasteiger partial charge in [0.15, 0.2) is 6.61 Å². The highest BCUT2D eigenvalue weighted by Crippen LogP contribution is 2.26. The molecule has 1 N–H and O–H groups in total. The van der Waals surface area contributed by atoms with Crippen molar-refractivity contribution in [2.75, 3.05) is 6.61 Å². The Labute approximate surface area is 187 Å². The van der Waals surface area contributed by atoms with Crippen LogP contribution in [-0.4, -0.2) is 35.4 Å². The topological polar surface area (TPSA) is 58.6 Å². The van der Waals surface area contributed by atoms with Crippen molar-refractivity contribution in [1.29, 1.82) is 0 Å². The maximum absolute atomic E-state index is 13.1. The third-order valence-corrected chi connectivity index (χ3v) is 5.74. The summed E-state index contributed by atoms with van der Waals surface area (Å²) in [5.41, 5.74) is 2.14. The number of amides is 2. The van der Waals surface area contributed by atoms with Crippen molar-refractivity contribution in [2.45, 2.75) is 59.2 Å². The highest BCUT2D eigenvalue weighted by molar-refractivity contribution is 9.10. The number of carbonyl (C=O) groups excluding carboxylic acids is 2. The maximum Gasteiger partial charge on any atom is 0.261 e. The molecule has 0 aliphatic rings. The lowest BCUT2D eigenvalue weighted by Gasteiger charge is -2.29. The van der Waals surface area contributed by atoms with E-state index in [1.165, 1.54) is 5.56 Å². The number of ether oxygens (including phenoxy) is 1. The van der Waals surface area contributed by atoms with Gasteiger partial charge >= 0.3 is 0 Å². The third kappa shape index (κ3) is 6.87. The zero-order valence-corrected chi connectivity index (χ0v) is 19.7. The highest BCUT2D eigenvalue weighted by Gasteiger charge is 2.27. The Hall–Kier alpha value is -2.34. The molecule has 0 spiro atoms. The summed E-state index contributed by atoms with van der Waals surface area (Å²) < 4.78 is 6.59. The van der Waals surface area contributed by atoms with E-state index in [4.69, 9.17) is 4.74 Å². The lowest BCUT2D eigenvalue weighted by Crippen LogP contribution is -2.50. The van der Waals surface area contributed by atoms with Gasteiger partial charge in [-0.3, -0.25) is 9.59 Å². The fourth-order valence-electron chi connectivity index (χ4n) is 2.93. The Kier molecular flexibility index (Phi) is 9.37. The molecule has 0 aliphatic heterocycles. The minimum atomic E-state index is -0.610. The standard InChI is InChI=1S/C24H31BrN2O3/c1-5-17(3)26-24(29)18(4)27(15-20-10-8-7-9-11-20)23(28)16-30-22-13-12-19(6-2)14-21(22)25/h7-14,17-18H,5-6,15-16H2,1-4H3,(H,26,29)/t17-,18+/m1/s1. The quantitative estimate of drug-likeness (QED) is 0.541. The van der Waals surface area contributed by atoms with Crippen LogP contribution in [-0.2, 0) is 22.6 Å². The molecule has 0 aliphatic carbocycles. The molecule has 0 bridgehead atoms. The molecule has 2 amide bonds. The van der Waals surface area contributed by atoms with E-state index >= 15 is 0 Å². The van der Waals surface area contributed by atoms with Gasteiger partial charge in [0.2, 0.25) is 5.91 Å². The van der Waals surface area contributed by atoms with Crippen LogP contribution in [0.4, 0.5) is 0 Å². The summed E-state index contributed by atoms with van der Waals surface area (Å²) in [5.74, 6) is 0.205. The number of aryl methyl sites for hydroxylation is 1. The average molecular weight is 475 g/mol. The molecule has 0 unspecified atom stereocenters. The molecule has 0 radical (unpaired) electrons. The average Bonchev–Trinajstić information content (AvgIpc) is 2.76.